The van der Waals surface area contributed by atoms with E-state index >= 15 is 0 Å². The summed E-state index contributed by atoms with van der Waals surface area (Å²) in [6.07, 6.45) is 0. The lowest BCUT2D eigenvalue weighted by Gasteiger charge is -2.03. The molecule has 0 unspecified atom stereocenters. The minimum absolute atomic E-state index is 0.00288. The number of nitrogen functional groups attached to an aromatic ring is 1. The zero-order chi connectivity index (χ0) is 12.4. The molecule has 1 heterocycles. The van der Waals surface area contributed by atoms with Crippen LogP contribution in [0.4, 0.5) is 10.8 Å². The van der Waals surface area contributed by atoms with Gasteiger partial charge in [-0.15, -0.1) is 11.3 Å². The van der Waals surface area contributed by atoms with Crippen LogP contribution in [0.2, 0.25) is 0 Å². The van der Waals surface area contributed by atoms with Gasteiger partial charge in [-0.1, -0.05) is 11.6 Å². The van der Waals surface area contributed by atoms with Crippen LogP contribution in [0.1, 0.15) is 5.56 Å². The van der Waals surface area contributed by atoms with Gasteiger partial charge in [0.15, 0.2) is 5.96 Å². The summed E-state index contributed by atoms with van der Waals surface area (Å²) in [7, 11) is 0. The summed E-state index contributed by atoms with van der Waals surface area (Å²) in [4.78, 5) is 8.21. The molecule has 6 N–H and O–H groups in total. The molecule has 0 saturated carbocycles. The third-order valence-corrected chi connectivity index (χ3v) is 2.94. The van der Waals surface area contributed by atoms with E-state index in [1.54, 1.807) is 0 Å². The number of nitrogens with two attached hydrogens (primary N) is 3. The van der Waals surface area contributed by atoms with Crippen LogP contribution in [0.15, 0.2) is 28.6 Å². The predicted molar refractivity (Wildman–Crippen MR) is 72.2 cm³/mol. The van der Waals surface area contributed by atoms with Crippen LogP contribution in [-0.2, 0) is 0 Å². The van der Waals surface area contributed by atoms with Crippen LogP contribution in [-0.4, -0.2) is 10.9 Å². The fourth-order valence-electron chi connectivity index (χ4n) is 1.44. The van der Waals surface area contributed by atoms with Gasteiger partial charge in [0.2, 0.25) is 5.13 Å². The second-order valence-electron chi connectivity index (χ2n) is 3.64. The molecular weight excluding hydrogens is 234 g/mol. The Hall–Kier alpha value is -2.08. The SMILES string of the molecule is Cc1ccc(N)c(-c2csc(N=C(N)N)n2)c1. The molecule has 0 aliphatic carbocycles. The minimum atomic E-state index is 0.00288. The molecule has 0 aliphatic heterocycles. The van der Waals surface area contributed by atoms with Crippen LogP contribution in [0, 0.1) is 6.92 Å². The summed E-state index contributed by atoms with van der Waals surface area (Å²) in [6, 6.07) is 5.82. The minimum Gasteiger partial charge on any atom is -0.398 e. The van der Waals surface area contributed by atoms with Gasteiger partial charge in [-0.05, 0) is 19.1 Å². The number of hydrogen-bond donors (Lipinski definition) is 3. The largest absolute Gasteiger partial charge is 0.398 e. The van der Waals surface area contributed by atoms with E-state index in [1.807, 2.05) is 30.5 Å². The zero-order valence-corrected chi connectivity index (χ0v) is 10.2. The molecule has 0 bridgehead atoms. The average molecular weight is 247 g/mol. The summed E-state index contributed by atoms with van der Waals surface area (Å²) in [5.41, 5.74) is 20.0. The fraction of sp³-hybridized carbons (Fsp3) is 0.0909. The summed E-state index contributed by atoms with van der Waals surface area (Å²) in [5.74, 6) is 0.00288. The van der Waals surface area contributed by atoms with Crippen molar-refractivity contribution in [3.8, 4) is 11.3 Å². The lowest BCUT2D eigenvalue weighted by molar-refractivity contribution is 1.32. The average Bonchev–Trinajstić information content (AvgIpc) is 2.69. The monoisotopic (exact) mass is 247 g/mol. The van der Waals surface area contributed by atoms with Crippen LogP contribution >= 0.6 is 11.3 Å². The van der Waals surface area contributed by atoms with Gasteiger partial charge >= 0.3 is 0 Å². The first-order valence-electron chi connectivity index (χ1n) is 4.98. The molecule has 0 spiro atoms. The van der Waals surface area contributed by atoms with Crippen molar-refractivity contribution in [2.75, 3.05) is 5.73 Å². The lowest BCUT2D eigenvalue weighted by Crippen LogP contribution is -2.21. The Labute approximate surface area is 103 Å². The van der Waals surface area contributed by atoms with Crippen LogP contribution in [0.25, 0.3) is 11.3 Å². The van der Waals surface area contributed by atoms with Gasteiger partial charge < -0.3 is 17.2 Å². The van der Waals surface area contributed by atoms with Gasteiger partial charge in [0.05, 0.1) is 5.69 Å². The van der Waals surface area contributed by atoms with E-state index in [-0.39, 0.29) is 5.96 Å². The molecule has 2 rings (SSSR count). The highest BCUT2D eigenvalue weighted by Gasteiger charge is 2.07. The predicted octanol–water partition coefficient (Wildman–Crippen LogP) is 1.61. The summed E-state index contributed by atoms with van der Waals surface area (Å²) >= 11 is 1.37. The van der Waals surface area contributed by atoms with E-state index in [1.165, 1.54) is 11.3 Å². The summed E-state index contributed by atoms with van der Waals surface area (Å²) in [6.45, 7) is 2.01. The number of rotatable bonds is 2. The molecule has 2 aromatic rings. The number of nitrogens with zero attached hydrogens (tertiary/aromatic N) is 2. The van der Waals surface area contributed by atoms with Gasteiger partial charge in [0.25, 0.3) is 0 Å². The van der Waals surface area contributed by atoms with Crippen molar-refractivity contribution < 1.29 is 0 Å². The van der Waals surface area contributed by atoms with E-state index in [0.717, 1.165) is 16.8 Å². The Bertz CT molecular complexity index is 569. The smallest absolute Gasteiger partial charge is 0.212 e. The normalized spacial score (nSPS) is 10.2. The van der Waals surface area contributed by atoms with Crippen molar-refractivity contribution in [1.29, 1.82) is 0 Å². The maximum atomic E-state index is 5.91. The molecule has 0 saturated heterocycles. The number of aromatic nitrogens is 1. The van der Waals surface area contributed by atoms with E-state index in [4.69, 9.17) is 17.2 Å². The quantitative estimate of drug-likeness (QED) is 0.426. The summed E-state index contributed by atoms with van der Waals surface area (Å²) < 4.78 is 0. The van der Waals surface area contributed by atoms with Crippen molar-refractivity contribution >= 4 is 28.1 Å². The van der Waals surface area contributed by atoms with Crippen molar-refractivity contribution in [2.24, 2.45) is 16.5 Å². The second-order valence-corrected chi connectivity index (χ2v) is 4.48. The van der Waals surface area contributed by atoms with Crippen LogP contribution < -0.4 is 17.2 Å². The topological polar surface area (TPSA) is 103 Å². The van der Waals surface area contributed by atoms with Gasteiger partial charge in [0, 0.05) is 16.6 Å². The van der Waals surface area contributed by atoms with Gasteiger partial charge in [-0.25, -0.2) is 4.98 Å². The Morgan fingerprint density at radius 3 is 2.82 bits per heavy atom. The van der Waals surface area contributed by atoms with E-state index in [2.05, 4.69) is 9.98 Å². The number of guanidine groups is 1. The third kappa shape index (κ3) is 2.54. The van der Waals surface area contributed by atoms with Crippen molar-refractivity contribution in [3.63, 3.8) is 0 Å². The molecule has 0 aliphatic rings. The highest BCUT2D eigenvalue weighted by Crippen LogP contribution is 2.30. The molecule has 0 fully saturated rings. The van der Waals surface area contributed by atoms with Gasteiger partial charge in [0.1, 0.15) is 0 Å². The standard InChI is InChI=1S/C11H13N5S/c1-6-2-3-8(12)7(4-6)9-5-17-11(15-9)16-10(13)14/h2-5H,12H2,1H3,(H4,13,14,15,16). The van der Waals surface area contributed by atoms with Gasteiger partial charge in [-0.2, -0.15) is 4.99 Å². The van der Waals surface area contributed by atoms with E-state index in [0.29, 0.717) is 10.8 Å². The van der Waals surface area contributed by atoms with Crippen LogP contribution in [0.5, 0.6) is 0 Å². The third-order valence-electron chi connectivity index (χ3n) is 2.20. The molecule has 1 aromatic heterocycles. The fourth-order valence-corrected chi connectivity index (χ4v) is 2.15. The molecule has 6 heteroatoms. The van der Waals surface area contributed by atoms with Gasteiger partial charge in [-0.3, -0.25) is 0 Å². The lowest BCUT2D eigenvalue weighted by atomic mass is 10.1. The number of aliphatic imine (C=N–C) groups is 1. The number of aryl methyl sites for hydroxylation is 1. The Morgan fingerprint density at radius 1 is 1.35 bits per heavy atom. The van der Waals surface area contributed by atoms with Crippen molar-refractivity contribution in [1.82, 2.24) is 4.98 Å². The molecule has 0 radical (unpaired) electrons. The molecule has 88 valence electrons. The summed E-state index contributed by atoms with van der Waals surface area (Å²) in [5, 5.41) is 2.41. The van der Waals surface area contributed by atoms with Crippen LogP contribution in [0.3, 0.4) is 0 Å². The molecular formula is C11H13N5S. The van der Waals surface area contributed by atoms with Crippen molar-refractivity contribution in [2.45, 2.75) is 6.92 Å². The Morgan fingerprint density at radius 2 is 2.12 bits per heavy atom. The highest BCUT2D eigenvalue weighted by atomic mass is 32.1. The molecule has 17 heavy (non-hydrogen) atoms. The molecule has 1 aromatic carbocycles. The first-order valence-corrected chi connectivity index (χ1v) is 5.86. The maximum absolute atomic E-state index is 5.91. The number of benzene rings is 1. The first kappa shape index (κ1) is 11.4. The molecule has 0 amide bonds. The second kappa shape index (κ2) is 4.42. The number of anilines is 1. The van der Waals surface area contributed by atoms with E-state index < -0.39 is 0 Å². The number of thiazole rings is 1. The number of hydrogen-bond acceptors (Lipinski definition) is 4. The first-order chi connectivity index (χ1) is 8.06. The van der Waals surface area contributed by atoms with E-state index in [9.17, 15) is 0 Å². The molecule has 0 atom stereocenters. The Kier molecular flexibility index (Phi) is 2.97. The highest BCUT2D eigenvalue weighted by molar-refractivity contribution is 7.13. The Balaban J connectivity index is 2.43. The van der Waals surface area contributed by atoms with Crippen molar-refractivity contribution in [3.05, 3.63) is 29.1 Å². The molecule has 5 nitrogen and oxygen atoms in total. The maximum Gasteiger partial charge on any atom is 0.212 e. The zero-order valence-electron chi connectivity index (χ0n) is 9.34.